The van der Waals surface area contributed by atoms with Crippen molar-refractivity contribution in [2.75, 3.05) is 37.6 Å². The van der Waals surface area contributed by atoms with Crippen molar-refractivity contribution in [2.24, 2.45) is 0 Å². The van der Waals surface area contributed by atoms with Crippen LogP contribution in [0.1, 0.15) is 40.1 Å². The van der Waals surface area contributed by atoms with Gasteiger partial charge in [-0.2, -0.15) is 0 Å². The number of halogens is 1. The molecule has 2 aliphatic rings. The van der Waals surface area contributed by atoms with E-state index in [1.165, 1.54) is 6.07 Å². The Hall–Kier alpha value is -4.63. The largest absolute Gasteiger partial charge is 0.451 e. The Bertz CT molecular complexity index is 1800. The number of rotatable bonds is 8. The zero-order chi connectivity index (χ0) is 31.5. The lowest BCUT2D eigenvalue weighted by atomic mass is 10.0. The van der Waals surface area contributed by atoms with Crippen LogP contribution in [0.2, 0.25) is 5.02 Å². The summed E-state index contributed by atoms with van der Waals surface area (Å²) in [6, 6.07) is 20.7. The van der Waals surface area contributed by atoms with E-state index in [2.05, 4.69) is 22.3 Å². The molecule has 4 aromatic rings. The molecular formula is C35H35ClN4O5. The van der Waals surface area contributed by atoms with Gasteiger partial charge in [0.15, 0.2) is 11.2 Å². The molecule has 45 heavy (non-hydrogen) atoms. The second-order valence-electron chi connectivity index (χ2n) is 11.7. The number of carbonyl (C=O) groups excluding carboxylic acids is 3. The lowest BCUT2D eigenvalue weighted by molar-refractivity contribution is -0.133. The van der Waals surface area contributed by atoms with Crippen molar-refractivity contribution in [3.8, 4) is 0 Å². The zero-order valence-corrected chi connectivity index (χ0v) is 25.9. The van der Waals surface area contributed by atoms with E-state index in [9.17, 15) is 19.2 Å². The van der Waals surface area contributed by atoms with Crippen LogP contribution in [0, 0.1) is 6.92 Å². The van der Waals surface area contributed by atoms with Crippen LogP contribution in [0.4, 0.5) is 5.69 Å². The number of nitrogens with zero attached hydrogens (tertiary/aromatic N) is 3. The third-order valence-electron chi connectivity index (χ3n) is 8.52. The van der Waals surface area contributed by atoms with Crippen molar-refractivity contribution < 1.29 is 18.8 Å². The molecule has 3 amide bonds. The average molecular weight is 627 g/mol. The number of anilines is 1. The van der Waals surface area contributed by atoms with E-state index in [1.54, 1.807) is 29.2 Å². The van der Waals surface area contributed by atoms with Gasteiger partial charge in [-0.15, -0.1) is 0 Å². The highest BCUT2D eigenvalue weighted by molar-refractivity contribution is 6.30. The van der Waals surface area contributed by atoms with Gasteiger partial charge in [-0.05, 0) is 54.8 Å². The minimum atomic E-state index is -0.891. The van der Waals surface area contributed by atoms with Crippen LogP contribution < -0.4 is 15.6 Å². The van der Waals surface area contributed by atoms with Gasteiger partial charge in [-0.25, -0.2) is 0 Å². The Morgan fingerprint density at radius 3 is 2.42 bits per heavy atom. The number of para-hydroxylation sites is 1. The van der Waals surface area contributed by atoms with Gasteiger partial charge >= 0.3 is 0 Å². The molecule has 3 aromatic carbocycles. The van der Waals surface area contributed by atoms with Gasteiger partial charge in [0.1, 0.15) is 11.6 Å². The molecule has 1 N–H and O–H groups in total. The Labute approximate surface area is 266 Å². The fourth-order valence-electron chi connectivity index (χ4n) is 6.09. The molecule has 0 radical (unpaired) electrons. The molecular weight excluding hydrogens is 592 g/mol. The smallest absolute Gasteiger partial charge is 0.287 e. The summed E-state index contributed by atoms with van der Waals surface area (Å²) in [5.41, 5.74) is 3.88. The van der Waals surface area contributed by atoms with E-state index in [-0.39, 0.29) is 29.4 Å². The molecule has 0 spiro atoms. The third-order valence-corrected chi connectivity index (χ3v) is 8.77. The van der Waals surface area contributed by atoms with E-state index >= 15 is 0 Å². The summed E-state index contributed by atoms with van der Waals surface area (Å²) < 4.78 is 5.79. The van der Waals surface area contributed by atoms with Gasteiger partial charge in [0, 0.05) is 68.9 Å². The van der Waals surface area contributed by atoms with Crippen LogP contribution >= 0.6 is 11.6 Å². The summed E-state index contributed by atoms with van der Waals surface area (Å²) in [7, 11) is 0. The quantitative estimate of drug-likeness (QED) is 0.308. The van der Waals surface area contributed by atoms with Gasteiger partial charge < -0.3 is 24.4 Å². The number of carbonyl (C=O) groups is 3. The second-order valence-corrected chi connectivity index (χ2v) is 12.1. The van der Waals surface area contributed by atoms with Crippen LogP contribution in [0.5, 0.6) is 0 Å². The Morgan fingerprint density at radius 2 is 1.69 bits per heavy atom. The molecule has 1 aromatic heterocycles. The fraction of sp³-hybridized carbons (Fsp3) is 0.314. The number of hydrogen-bond donors (Lipinski definition) is 1. The maximum atomic E-state index is 14.0. The molecule has 232 valence electrons. The number of amides is 3. The van der Waals surface area contributed by atoms with Crippen molar-refractivity contribution in [3.63, 3.8) is 0 Å². The first-order chi connectivity index (χ1) is 21.7. The van der Waals surface area contributed by atoms with Gasteiger partial charge in [0.25, 0.3) is 5.91 Å². The molecule has 6 rings (SSSR count). The van der Waals surface area contributed by atoms with E-state index < -0.39 is 11.9 Å². The maximum Gasteiger partial charge on any atom is 0.287 e. The summed E-state index contributed by atoms with van der Waals surface area (Å²) in [6.45, 7) is 5.38. The van der Waals surface area contributed by atoms with Crippen molar-refractivity contribution in [1.82, 2.24) is 15.1 Å². The van der Waals surface area contributed by atoms with Crippen LogP contribution in [0.15, 0.2) is 82.0 Å². The summed E-state index contributed by atoms with van der Waals surface area (Å²) in [6.07, 6.45) is 1.73. The molecule has 2 saturated heterocycles. The van der Waals surface area contributed by atoms with E-state index in [4.69, 9.17) is 16.0 Å². The number of fused-ring (bicyclic) bond motifs is 1. The van der Waals surface area contributed by atoms with Gasteiger partial charge in [-0.1, -0.05) is 53.6 Å². The van der Waals surface area contributed by atoms with Crippen molar-refractivity contribution in [1.29, 1.82) is 0 Å². The standard InChI is InChI=1S/C35H35ClN4O5/c1-23-8-13-31-27(19-23)30(41)21-32(45-31)34(43)37-28(20-24-9-11-26(36)12-10-24)35(44)39-17-15-38(16-18-39)29-6-3-2-5-25(29)22-40-14-4-7-33(40)42/h2-3,5-6,8-13,19,21,28H,4,7,14-18,20,22H2,1H3,(H,37,43)/t28-/m0/s1. The number of aryl methyl sites for hydroxylation is 1. The molecule has 0 saturated carbocycles. The highest BCUT2D eigenvalue weighted by atomic mass is 35.5. The number of piperazine rings is 1. The molecule has 2 aliphatic heterocycles. The molecule has 10 heteroatoms. The van der Waals surface area contributed by atoms with Crippen LogP contribution in [-0.2, 0) is 22.6 Å². The van der Waals surface area contributed by atoms with Crippen LogP contribution in [0.3, 0.4) is 0 Å². The predicted octanol–water partition coefficient (Wildman–Crippen LogP) is 4.57. The first-order valence-electron chi connectivity index (χ1n) is 15.2. The summed E-state index contributed by atoms with van der Waals surface area (Å²) in [5.74, 6) is -0.811. The van der Waals surface area contributed by atoms with Gasteiger partial charge in [0.2, 0.25) is 11.8 Å². The molecule has 3 heterocycles. The Kier molecular flexibility index (Phi) is 8.89. The molecule has 0 aliphatic carbocycles. The summed E-state index contributed by atoms with van der Waals surface area (Å²) >= 11 is 6.09. The summed E-state index contributed by atoms with van der Waals surface area (Å²) in [5, 5.41) is 3.82. The van der Waals surface area contributed by atoms with Crippen LogP contribution in [0.25, 0.3) is 11.0 Å². The highest BCUT2D eigenvalue weighted by Crippen LogP contribution is 2.26. The SMILES string of the molecule is Cc1ccc2oc(C(=O)N[C@@H](Cc3ccc(Cl)cc3)C(=O)N3CCN(c4ccccc4CN4CCCC4=O)CC3)cc(=O)c2c1. The average Bonchev–Trinajstić information content (AvgIpc) is 3.45. The first-order valence-corrected chi connectivity index (χ1v) is 15.6. The predicted molar refractivity (Wildman–Crippen MR) is 174 cm³/mol. The first kappa shape index (κ1) is 30.4. The van der Waals surface area contributed by atoms with E-state index in [0.717, 1.165) is 35.3 Å². The number of benzene rings is 3. The highest BCUT2D eigenvalue weighted by Gasteiger charge is 2.31. The van der Waals surface area contributed by atoms with Gasteiger partial charge in [-0.3, -0.25) is 19.2 Å². The number of likely N-dealkylation sites (tertiary alicyclic amines) is 1. The van der Waals surface area contributed by atoms with Crippen molar-refractivity contribution in [3.05, 3.63) is 110 Å². The number of nitrogens with one attached hydrogen (secondary N) is 1. The minimum Gasteiger partial charge on any atom is -0.451 e. The molecule has 0 unspecified atom stereocenters. The fourth-order valence-corrected chi connectivity index (χ4v) is 6.21. The van der Waals surface area contributed by atoms with Gasteiger partial charge in [0.05, 0.1) is 5.39 Å². The third kappa shape index (κ3) is 6.88. The number of hydrogen-bond acceptors (Lipinski definition) is 6. The topological polar surface area (TPSA) is 103 Å². The molecule has 0 bridgehead atoms. The molecule has 9 nitrogen and oxygen atoms in total. The normalized spacial score (nSPS) is 15.9. The van der Waals surface area contributed by atoms with Crippen molar-refractivity contribution >= 4 is 46.0 Å². The Balaban J connectivity index is 1.18. The lowest BCUT2D eigenvalue weighted by Crippen LogP contribution is -2.55. The monoisotopic (exact) mass is 626 g/mol. The molecule has 2 fully saturated rings. The van der Waals surface area contributed by atoms with Crippen molar-refractivity contribution in [2.45, 2.75) is 38.8 Å². The zero-order valence-electron chi connectivity index (χ0n) is 25.1. The lowest BCUT2D eigenvalue weighted by Gasteiger charge is -2.38. The maximum absolute atomic E-state index is 14.0. The second kappa shape index (κ2) is 13.2. The van der Waals surface area contributed by atoms with E-state index in [1.807, 2.05) is 42.2 Å². The summed E-state index contributed by atoms with van der Waals surface area (Å²) in [4.78, 5) is 58.3. The van der Waals surface area contributed by atoms with Crippen LogP contribution in [-0.4, -0.2) is 66.3 Å². The van der Waals surface area contributed by atoms with E-state index in [0.29, 0.717) is 55.1 Å². The molecule has 1 atom stereocenters. The minimum absolute atomic E-state index is 0.150. The Morgan fingerprint density at radius 1 is 0.933 bits per heavy atom.